The molecule has 4 N–H and O–H groups in total. The quantitative estimate of drug-likeness (QED) is 0.554. The number of rotatable bonds is 4. The van der Waals surface area contributed by atoms with E-state index in [4.69, 9.17) is 18.9 Å². The van der Waals surface area contributed by atoms with E-state index in [-0.39, 0.29) is 0 Å². The van der Waals surface area contributed by atoms with Gasteiger partial charge < -0.3 is 39.4 Å². The second kappa shape index (κ2) is 8.29. The van der Waals surface area contributed by atoms with Gasteiger partial charge in [-0.15, -0.1) is 0 Å². The fourth-order valence-electron chi connectivity index (χ4n) is 4.51. The molecule has 0 saturated carbocycles. The number of aliphatic hydroxyl groups excluding tert-OH is 4. The molecule has 3 heterocycles. The van der Waals surface area contributed by atoms with Crippen molar-refractivity contribution in [2.24, 2.45) is 0 Å². The zero-order valence-electron chi connectivity index (χ0n) is 16.9. The molecule has 8 heteroatoms. The summed E-state index contributed by atoms with van der Waals surface area (Å²) < 4.78 is 22.9. The molecular weight excluding hydrogens is 404 g/mol. The fourth-order valence-corrected chi connectivity index (χ4v) is 4.51. The molecule has 0 bridgehead atoms. The van der Waals surface area contributed by atoms with E-state index < -0.39 is 37.1 Å². The van der Waals surface area contributed by atoms with Crippen molar-refractivity contribution in [3.8, 4) is 17.2 Å². The second-order valence-corrected chi connectivity index (χ2v) is 8.17. The lowest BCUT2D eigenvalue weighted by molar-refractivity contribution is -0.231. The third kappa shape index (κ3) is 3.75. The number of benzene rings is 2. The van der Waals surface area contributed by atoms with Gasteiger partial charge in [-0.3, -0.25) is 0 Å². The Kier molecular flexibility index (Phi) is 5.49. The van der Waals surface area contributed by atoms with Gasteiger partial charge in [0.25, 0.3) is 0 Å². The Labute approximate surface area is 179 Å². The maximum atomic E-state index is 10.6. The van der Waals surface area contributed by atoms with Crippen LogP contribution in [0, 0.1) is 0 Å². The number of hydrogen-bond acceptors (Lipinski definition) is 8. The molecule has 1 saturated heterocycles. The van der Waals surface area contributed by atoms with Crippen molar-refractivity contribution in [3.05, 3.63) is 52.6 Å². The average molecular weight is 430 g/mol. The molecule has 0 aromatic heterocycles. The van der Waals surface area contributed by atoms with Gasteiger partial charge in [0.2, 0.25) is 0 Å². The largest absolute Gasteiger partial charge is 0.493 e. The highest BCUT2D eigenvalue weighted by atomic mass is 16.6. The molecule has 2 aromatic rings. The molecule has 0 aliphatic carbocycles. The second-order valence-electron chi connectivity index (χ2n) is 8.17. The topological polar surface area (TPSA) is 118 Å². The molecule has 8 nitrogen and oxygen atoms in total. The van der Waals surface area contributed by atoms with Crippen LogP contribution in [-0.2, 0) is 17.6 Å². The molecule has 0 amide bonds. The van der Waals surface area contributed by atoms with Crippen molar-refractivity contribution in [1.82, 2.24) is 0 Å². The first kappa shape index (κ1) is 20.5. The van der Waals surface area contributed by atoms with E-state index >= 15 is 0 Å². The number of aliphatic hydroxyl groups is 4. The van der Waals surface area contributed by atoms with Crippen LogP contribution in [0.3, 0.4) is 0 Å². The van der Waals surface area contributed by atoms with Crippen LogP contribution in [0.5, 0.6) is 17.2 Å². The molecule has 5 atom stereocenters. The highest BCUT2D eigenvalue weighted by molar-refractivity contribution is 5.51. The third-order valence-corrected chi connectivity index (χ3v) is 6.10. The van der Waals surface area contributed by atoms with Crippen molar-refractivity contribution in [2.45, 2.75) is 43.4 Å². The van der Waals surface area contributed by atoms with Crippen LogP contribution < -0.4 is 14.2 Å². The first-order chi connectivity index (χ1) is 15.0. The summed E-state index contributed by atoms with van der Waals surface area (Å²) >= 11 is 0. The van der Waals surface area contributed by atoms with Crippen LogP contribution in [0.1, 0.15) is 28.4 Å². The van der Waals surface area contributed by atoms with E-state index in [2.05, 4.69) is 0 Å². The van der Waals surface area contributed by atoms with E-state index in [1.54, 1.807) is 0 Å². The predicted molar refractivity (Wildman–Crippen MR) is 109 cm³/mol. The molecule has 31 heavy (non-hydrogen) atoms. The van der Waals surface area contributed by atoms with Gasteiger partial charge in [-0.05, 0) is 46.5 Å². The van der Waals surface area contributed by atoms with Gasteiger partial charge in [0.1, 0.15) is 49.5 Å². The summed E-state index contributed by atoms with van der Waals surface area (Å²) in [4.78, 5) is 0. The van der Waals surface area contributed by atoms with Crippen molar-refractivity contribution < 1.29 is 39.4 Å². The SMILES string of the molecule is OC[C@H]1OC(c2cc3c(c(Cc4ccc5c(c4)OCCO5)c2)OCC3)C(O)C(O)C1O. The van der Waals surface area contributed by atoms with Gasteiger partial charge in [-0.2, -0.15) is 0 Å². The Bertz CT molecular complexity index is 959. The number of hydrogen-bond donors (Lipinski definition) is 4. The standard InChI is InChI=1S/C23H26O8/c24-11-18-19(25)20(26)21(27)23(31-18)15-9-13-3-4-30-22(13)14(10-15)7-12-1-2-16-17(8-12)29-6-5-28-16/h1-2,8-10,18-21,23-27H,3-7,11H2/t18-,19?,20?,21?,23?/m1/s1. The van der Waals surface area contributed by atoms with Crippen LogP contribution in [0.2, 0.25) is 0 Å². The number of ether oxygens (including phenoxy) is 4. The molecule has 166 valence electrons. The van der Waals surface area contributed by atoms with Crippen LogP contribution in [0.4, 0.5) is 0 Å². The van der Waals surface area contributed by atoms with Gasteiger partial charge in [0, 0.05) is 12.8 Å². The molecule has 1 fully saturated rings. The summed E-state index contributed by atoms with van der Waals surface area (Å²) in [7, 11) is 0. The third-order valence-electron chi connectivity index (χ3n) is 6.10. The summed E-state index contributed by atoms with van der Waals surface area (Å²) in [6, 6.07) is 9.63. The summed E-state index contributed by atoms with van der Waals surface area (Å²) in [6.07, 6.45) is -4.64. The van der Waals surface area contributed by atoms with Crippen LogP contribution in [0.25, 0.3) is 0 Å². The van der Waals surface area contributed by atoms with Gasteiger partial charge >= 0.3 is 0 Å². The van der Waals surface area contributed by atoms with Gasteiger partial charge in [-0.1, -0.05) is 6.07 Å². The fraction of sp³-hybridized carbons (Fsp3) is 0.478. The minimum absolute atomic E-state index is 0.459. The van der Waals surface area contributed by atoms with Crippen LogP contribution in [0.15, 0.2) is 30.3 Å². The van der Waals surface area contributed by atoms with E-state index in [9.17, 15) is 20.4 Å². The van der Waals surface area contributed by atoms with Crippen molar-refractivity contribution in [3.63, 3.8) is 0 Å². The van der Waals surface area contributed by atoms with E-state index in [0.717, 1.165) is 34.6 Å². The molecule has 2 aromatic carbocycles. The van der Waals surface area contributed by atoms with Crippen molar-refractivity contribution in [2.75, 3.05) is 26.4 Å². The first-order valence-electron chi connectivity index (χ1n) is 10.5. The lowest BCUT2D eigenvalue weighted by Gasteiger charge is -2.40. The van der Waals surface area contributed by atoms with Crippen molar-refractivity contribution >= 4 is 0 Å². The van der Waals surface area contributed by atoms with Crippen LogP contribution >= 0.6 is 0 Å². The highest BCUT2D eigenvalue weighted by Crippen LogP contribution is 2.39. The van der Waals surface area contributed by atoms with Crippen molar-refractivity contribution in [1.29, 1.82) is 0 Å². The Morgan fingerprint density at radius 1 is 0.839 bits per heavy atom. The van der Waals surface area contributed by atoms with E-state index in [0.29, 0.717) is 37.6 Å². The average Bonchev–Trinajstić information content (AvgIpc) is 3.27. The number of fused-ring (bicyclic) bond motifs is 2. The van der Waals surface area contributed by atoms with Gasteiger partial charge in [0.05, 0.1) is 13.2 Å². The normalized spacial score (nSPS) is 29.4. The summed E-state index contributed by atoms with van der Waals surface area (Å²) in [5, 5.41) is 40.4. The minimum atomic E-state index is -1.42. The maximum absolute atomic E-state index is 10.6. The minimum Gasteiger partial charge on any atom is -0.493 e. The van der Waals surface area contributed by atoms with Gasteiger partial charge in [-0.25, -0.2) is 0 Å². The Hall–Kier alpha value is -2.36. The maximum Gasteiger partial charge on any atom is 0.161 e. The first-order valence-corrected chi connectivity index (χ1v) is 10.5. The zero-order chi connectivity index (χ0) is 21.5. The lowest BCUT2D eigenvalue weighted by Crippen LogP contribution is -2.55. The van der Waals surface area contributed by atoms with Gasteiger partial charge in [0.15, 0.2) is 11.5 Å². The molecule has 4 unspecified atom stereocenters. The molecule has 0 radical (unpaired) electrons. The smallest absolute Gasteiger partial charge is 0.161 e. The molecule has 3 aliphatic heterocycles. The van der Waals surface area contributed by atoms with Crippen LogP contribution in [-0.4, -0.2) is 71.3 Å². The molecule has 3 aliphatic rings. The molecule has 0 spiro atoms. The Morgan fingerprint density at radius 3 is 2.45 bits per heavy atom. The summed E-state index contributed by atoms with van der Waals surface area (Å²) in [5.41, 5.74) is 3.63. The van der Waals surface area contributed by atoms with E-state index in [1.807, 2.05) is 30.3 Å². The monoisotopic (exact) mass is 430 g/mol. The summed E-state index contributed by atoms with van der Waals surface area (Å²) in [6.45, 7) is 1.16. The predicted octanol–water partition coefficient (Wildman–Crippen LogP) is 0.498. The molecular formula is C23H26O8. The van der Waals surface area contributed by atoms with E-state index in [1.165, 1.54) is 0 Å². The Morgan fingerprint density at radius 2 is 1.65 bits per heavy atom. The molecule has 5 rings (SSSR count). The zero-order valence-corrected chi connectivity index (χ0v) is 16.9. The highest BCUT2D eigenvalue weighted by Gasteiger charge is 2.44. The summed E-state index contributed by atoms with van der Waals surface area (Å²) in [5.74, 6) is 2.26. The Balaban J connectivity index is 1.48. The lowest BCUT2D eigenvalue weighted by atomic mass is 9.88.